The van der Waals surface area contributed by atoms with Crippen LogP contribution in [0.3, 0.4) is 0 Å². The molecule has 0 saturated heterocycles. The van der Waals surface area contributed by atoms with E-state index in [-0.39, 0.29) is 0 Å². The van der Waals surface area contributed by atoms with Gasteiger partial charge in [-0.2, -0.15) is 0 Å². The molecule has 0 amide bonds. The second-order valence-corrected chi connectivity index (χ2v) is 5.62. The van der Waals surface area contributed by atoms with Crippen molar-refractivity contribution in [2.24, 2.45) is 11.7 Å². The molecule has 0 bridgehead atoms. The van der Waals surface area contributed by atoms with Crippen LogP contribution < -0.4 is 5.73 Å². The fourth-order valence-corrected chi connectivity index (χ4v) is 2.66. The summed E-state index contributed by atoms with van der Waals surface area (Å²) in [5, 5.41) is 1.17. The molecule has 0 unspecified atom stereocenters. The Morgan fingerprint density at radius 3 is 2.75 bits per heavy atom. The molecule has 1 heterocycles. The van der Waals surface area contributed by atoms with Gasteiger partial charge in [-0.25, -0.2) is 4.98 Å². The minimum Gasteiger partial charge on any atom is -0.330 e. The van der Waals surface area contributed by atoms with Gasteiger partial charge in [-0.1, -0.05) is 19.9 Å². The van der Waals surface area contributed by atoms with Gasteiger partial charge in [-0.15, -0.1) is 11.8 Å². The Kier molecular flexibility index (Phi) is 5.85. The molecule has 2 nitrogen and oxygen atoms in total. The maximum Gasteiger partial charge on any atom is 0.0989 e. The molecule has 2 N–H and O–H groups in total. The number of pyridine rings is 1. The van der Waals surface area contributed by atoms with E-state index in [2.05, 4.69) is 31.8 Å². The van der Waals surface area contributed by atoms with Crippen molar-refractivity contribution in [1.29, 1.82) is 0 Å². The highest BCUT2D eigenvalue weighted by Crippen LogP contribution is 2.22. The Balaban J connectivity index is 2.54. The van der Waals surface area contributed by atoms with Crippen LogP contribution in [0.4, 0.5) is 0 Å². The number of aryl methyl sites for hydroxylation is 1. The highest BCUT2D eigenvalue weighted by Gasteiger charge is 2.03. The van der Waals surface area contributed by atoms with Crippen molar-refractivity contribution in [2.75, 3.05) is 12.3 Å². The van der Waals surface area contributed by atoms with Gasteiger partial charge >= 0.3 is 0 Å². The first-order chi connectivity index (χ1) is 7.63. The van der Waals surface area contributed by atoms with Crippen LogP contribution in [0.5, 0.6) is 0 Å². The Morgan fingerprint density at radius 2 is 2.19 bits per heavy atom. The fourth-order valence-electron chi connectivity index (χ4n) is 1.47. The van der Waals surface area contributed by atoms with E-state index in [1.54, 1.807) is 0 Å². The van der Waals surface area contributed by atoms with Crippen molar-refractivity contribution in [3.8, 4) is 0 Å². The molecule has 0 radical (unpaired) electrons. The third-order valence-corrected chi connectivity index (χ3v) is 3.59. The topological polar surface area (TPSA) is 38.9 Å². The molecule has 0 aliphatic heterocycles. The van der Waals surface area contributed by atoms with Crippen LogP contribution in [0.25, 0.3) is 0 Å². The zero-order chi connectivity index (χ0) is 12.0. The van der Waals surface area contributed by atoms with Crippen LogP contribution in [-0.4, -0.2) is 17.3 Å². The monoisotopic (exact) mass is 238 g/mol. The summed E-state index contributed by atoms with van der Waals surface area (Å²) in [6.45, 7) is 7.34. The second-order valence-electron chi connectivity index (χ2n) is 4.54. The first kappa shape index (κ1) is 13.5. The third-order valence-electron chi connectivity index (χ3n) is 2.45. The largest absolute Gasteiger partial charge is 0.330 e. The summed E-state index contributed by atoms with van der Waals surface area (Å²) in [4.78, 5) is 4.50. The van der Waals surface area contributed by atoms with E-state index in [9.17, 15) is 0 Å². The molecule has 1 rings (SSSR count). The second kappa shape index (κ2) is 6.92. The Morgan fingerprint density at radius 1 is 1.44 bits per heavy atom. The lowest BCUT2D eigenvalue weighted by molar-refractivity contribution is 0.632. The molecule has 0 saturated carbocycles. The van der Waals surface area contributed by atoms with E-state index in [0.29, 0.717) is 6.54 Å². The standard InChI is InChI=1S/C13H22N2S/c1-10(2)5-7-16-13-11(3)8-12(4-6-14)9-15-13/h8-10H,4-7,14H2,1-3H3. The van der Waals surface area contributed by atoms with Crippen molar-refractivity contribution in [3.05, 3.63) is 23.4 Å². The minimum atomic E-state index is 0.695. The van der Waals surface area contributed by atoms with Gasteiger partial charge in [0.15, 0.2) is 0 Å². The van der Waals surface area contributed by atoms with E-state index in [1.807, 2.05) is 18.0 Å². The van der Waals surface area contributed by atoms with Gasteiger partial charge in [0, 0.05) is 6.20 Å². The first-order valence-corrected chi connectivity index (χ1v) is 6.90. The molecule has 0 aliphatic carbocycles. The van der Waals surface area contributed by atoms with Gasteiger partial charge in [-0.05, 0) is 49.1 Å². The summed E-state index contributed by atoms with van der Waals surface area (Å²) in [5.41, 5.74) is 8.05. The number of nitrogens with two attached hydrogens (primary N) is 1. The average molecular weight is 238 g/mol. The SMILES string of the molecule is Cc1cc(CCN)cnc1SCCC(C)C. The minimum absolute atomic E-state index is 0.695. The smallest absolute Gasteiger partial charge is 0.0989 e. The molecular formula is C13H22N2S. The highest BCUT2D eigenvalue weighted by atomic mass is 32.2. The van der Waals surface area contributed by atoms with Gasteiger partial charge in [-0.3, -0.25) is 0 Å². The molecule has 1 aromatic rings. The summed E-state index contributed by atoms with van der Waals surface area (Å²) < 4.78 is 0. The number of thioether (sulfide) groups is 1. The van der Waals surface area contributed by atoms with E-state index < -0.39 is 0 Å². The Labute approximate surface area is 103 Å². The summed E-state index contributed by atoms with van der Waals surface area (Å²) in [7, 11) is 0. The lowest BCUT2D eigenvalue weighted by Gasteiger charge is -2.08. The Hall–Kier alpha value is -0.540. The van der Waals surface area contributed by atoms with E-state index in [4.69, 9.17) is 5.73 Å². The summed E-state index contributed by atoms with van der Waals surface area (Å²) in [5.74, 6) is 1.92. The molecule has 0 fully saturated rings. The van der Waals surface area contributed by atoms with Gasteiger partial charge in [0.2, 0.25) is 0 Å². The lowest BCUT2D eigenvalue weighted by Crippen LogP contribution is -2.03. The zero-order valence-corrected chi connectivity index (χ0v) is 11.3. The molecule has 0 spiro atoms. The van der Waals surface area contributed by atoms with Crippen molar-refractivity contribution < 1.29 is 0 Å². The number of rotatable bonds is 6. The van der Waals surface area contributed by atoms with Crippen LogP contribution in [-0.2, 0) is 6.42 Å². The molecule has 1 aromatic heterocycles. The van der Waals surface area contributed by atoms with Gasteiger partial charge in [0.25, 0.3) is 0 Å². The molecule has 90 valence electrons. The van der Waals surface area contributed by atoms with E-state index in [1.165, 1.54) is 22.6 Å². The quantitative estimate of drug-likeness (QED) is 0.774. The molecule has 0 aromatic carbocycles. The summed E-state index contributed by atoms with van der Waals surface area (Å²) in [6, 6.07) is 2.21. The van der Waals surface area contributed by atoms with Gasteiger partial charge in [0.1, 0.15) is 0 Å². The number of hydrogen-bond donors (Lipinski definition) is 1. The predicted molar refractivity (Wildman–Crippen MR) is 71.9 cm³/mol. The normalized spacial score (nSPS) is 11.1. The van der Waals surface area contributed by atoms with Crippen LogP contribution in [0.15, 0.2) is 17.3 Å². The molecule has 0 atom stereocenters. The van der Waals surface area contributed by atoms with Crippen molar-refractivity contribution in [3.63, 3.8) is 0 Å². The summed E-state index contributed by atoms with van der Waals surface area (Å²) >= 11 is 1.86. The lowest BCUT2D eigenvalue weighted by atomic mass is 10.2. The molecule has 0 aliphatic rings. The van der Waals surface area contributed by atoms with Crippen LogP contribution >= 0.6 is 11.8 Å². The predicted octanol–water partition coefficient (Wildman–Crippen LogP) is 3.03. The average Bonchev–Trinajstić information content (AvgIpc) is 2.21. The summed E-state index contributed by atoms with van der Waals surface area (Å²) in [6.07, 6.45) is 4.12. The maximum absolute atomic E-state index is 5.53. The maximum atomic E-state index is 5.53. The number of nitrogens with zero attached hydrogens (tertiary/aromatic N) is 1. The highest BCUT2D eigenvalue weighted by molar-refractivity contribution is 7.99. The molecule has 16 heavy (non-hydrogen) atoms. The number of aromatic nitrogens is 1. The van der Waals surface area contributed by atoms with Gasteiger partial charge < -0.3 is 5.73 Å². The molecule has 3 heteroatoms. The van der Waals surface area contributed by atoms with Crippen LogP contribution in [0.2, 0.25) is 0 Å². The van der Waals surface area contributed by atoms with Crippen molar-refractivity contribution in [2.45, 2.75) is 38.6 Å². The Bertz CT molecular complexity index is 324. The van der Waals surface area contributed by atoms with E-state index >= 15 is 0 Å². The van der Waals surface area contributed by atoms with Crippen molar-refractivity contribution >= 4 is 11.8 Å². The van der Waals surface area contributed by atoms with Crippen LogP contribution in [0.1, 0.15) is 31.4 Å². The number of hydrogen-bond acceptors (Lipinski definition) is 3. The third kappa shape index (κ3) is 4.54. The van der Waals surface area contributed by atoms with Crippen LogP contribution in [0, 0.1) is 12.8 Å². The van der Waals surface area contributed by atoms with Gasteiger partial charge in [0.05, 0.1) is 5.03 Å². The first-order valence-electron chi connectivity index (χ1n) is 5.92. The fraction of sp³-hybridized carbons (Fsp3) is 0.615. The zero-order valence-electron chi connectivity index (χ0n) is 10.5. The van der Waals surface area contributed by atoms with E-state index in [0.717, 1.165) is 18.1 Å². The molecular weight excluding hydrogens is 216 g/mol. The van der Waals surface area contributed by atoms with Crippen molar-refractivity contribution in [1.82, 2.24) is 4.98 Å².